The highest BCUT2D eigenvalue weighted by Gasteiger charge is 2.11. The van der Waals surface area contributed by atoms with Crippen LogP contribution in [0.4, 0.5) is 0 Å². The molecule has 0 aliphatic heterocycles. The van der Waals surface area contributed by atoms with E-state index in [0.717, 1.165) is 11.1 Å². The molecule has 4 nitrogen and oxygen atoms in total. The molecular weight excluding hydrogens is 240 g/mol. The second kappa shape index (κ2) is 7.36. The molecule has 0 saturated carbocycles. The molecule has 1 aromatic rings. The van der Waals surface area contributed by atoms with Gasteiger partial charge in [-0.15, -0.1) is 6.58 Å². The third-order valence-corrected chi connectivity index (χ3v) is 2.87. The number of rotatable bonds is 6. The zero-order valence-electron chi connectivity index (χ0n) is 11.5. The Morgan fingerprint density at radius 1 is 1.37 bits per heavy atom. The van der Waals surface area contributed by atoms with Crippen molar-refractivity contribution in [3.63, 3.8) is 0 Å². The van der Waals surface area contributed by atoms with E-state index in [2.05, 4.69) is 11.9 Å². The van der Waals surface area contributed by atoms with Gasteiger partial charge in [-0.2, -0.15) is 0 Å². The summed E-state index contributed by atoms with van der Waals surface area (Å²) in [5, 5.41) is 2.82. The predicted octanol–water partition coefficient (Wildman–Crippen LogP) is 1.65. The van der Waals surface area contributed by atoms with Crippen molar-refractivity contribution in [1.82, 2.24) is 10.2 Å². The van der Waals surface area contributed by atoms with Gasteiger partial charge in [0.2, 0.25) is 11.8 Å². The van der Waals surface area contributed by atoms with E-state index in [1.165, 1.54) is 11.8 Å². The van der Waals surface area contributed by atoms with Crippen molar-refractivity contribution in [2.45, 2.75) is 20.4 Å². The highest BCUT2D eigenvalue weighted by atomic mass is 16.2. The molecule has 0 radical (unpaired) electrons. The molecule has 0 aliphatic carbocycles. The molecule has 0 bridgehead atoms. The van der Waals surface area contributed by atoms with Crippen molar-refractivity contribution in [3.8, 4) is 0 Å². The minimum absolute atomic E-state index is 0.0627. The summed E-state index contributed by atoms with van der Waals surface area (Å²) in [5.74, 6) is -0.300. The molecule has 1 N–H and O–H groups in total. The summed E-state index contributed by atoms with van der Waals surface area (Å²) in [6, 6.07) is 7.87. The molecule has 1 rings (SSSR count). The van der Waals surface area contributed by atoms with Crippen LogP contribution in [-0.2, 0) is 16.1 Å². The first-order valence-corrected chi connectivity index (χ1v) is 6.22. The lowest BCUT2D eigenvalue weighted by molar-refractivity contribution is -0.133. The number of aryl methyl sites for hydroxylation is 1. The molecule has 0 heterocycles. The number of carbonyl (C=O) groups is 2. The Morgan fingerprint density at radius 3 is 2.63 bits per heavy atom. The average molecular weight is 260 g/mol. The fourth-order valence-corrected chi connectivity index (χ4v) is 1.69. The van der Waals surface area contributed by atoms with Crippen LogP contribution in [0.15, 0.2) is 36.9 Å². The van der Waals surface area contributed by atoms with E-state index in [9.17, 15) is 9.59 Å². The number of nitrogens with one attached hydrogen (secondary N) is 1. The molecule has 0 aromatic heterocycles. The minimum Gasteiger partial charge on any atom is -0.350 e. The Labute approximate surface area is 114 Å². The number of benzene rings is 1. The predicted molar refractivity (Wildman–Crippen MR) is 75.5 cm³/mol. The van der Waals surface area contributed by atoms with Crippen LogP contribution >= 0.6 is 0 Å². The zero-order chi connectivity index (χ0) is 14.3. The second-order valence-electron chi connectivity index (χ2n) is 4.39. The first kappa shape index (κ1) is 15.0. The van der Waals surface area contributed by atoms with Crippen LogP contribution in [0.2, 0.25) is 0 Å². The van der Waals surface area contributed by atoms with Gasteiger partial charge in [0, 0.05) is 20.0 Å². The highest BCUT2D eigenvalue weighted by Crippen LogP contribution is 2.05. The van der Waals surface area contributed by atoms with E-state index in [1.54, 1.807) is 6.08 Å². The van der Waals surface area contributed by atoms with Crippen LogP contribution in [0, 0.1) is 6.92 Å². The summed E-state index contributed by atoms with van der Waals surface area (Å²) in [5.41, 5.74) is 2.21. The largest absolute Gasteiger partial charge is 0.350 e. The van der Waals surface area contributed by atoms with Gasteiger partial charge in [0.1, 0.15) is 0 Å². The maximum atomic E-state index is 11.8. The van der Waals surface area contributed by atoms with E-state index < -0.39 is 0 Å². The molecule has 0 fully saturated rings. The Bertz CT molecular complexity index is 469. The SMILES string of the molecule is C=CCN(CC(=O)NCc1ccccc1C)C(C)=O. The molecule has 102 valence electrons. The Balaban J connectivity index is 2.49. The van der Waals surface area contributed by atoms with E-state index in [4.69, 9.17) is 0 Å². The number of amides is 2. The van der Waals surface area contributed by atoms with E-state index in [-0.39, 0.29) is 18.4 Å². The van der Waals surface area contributed by atoms with Crippen molar-refractivity contribution < 1.29 is 9.59 Å². The summed E-state index contributed by atoms with van der Waals surface area (Å²) >= 11 is 0. The van der Waals surface area contributed by atoms with Gasteiger partial charge in [0.15, 0.2) is 0 Å². The maximum absolute atomic E-state index is 11.8. The first-order chi connectivity index (χ1) is 9.04. The van der Waals surface area contributed by atoms with Crippen molar-refractivity contribution in [2.75, 3.05) is 13.1 Å². The summed E-state index contributed by atoms with van der Waals surface area (Å²) in [7, 11) is 0. The van der Waals surface area contributed by atoms with Gasteiger partial charge in [-0.05, 0) is 18.1 Å². The van der Waals surface area contributed by atoms with Gasteiger partial charge in [0.25, 0.3) is 0 Å². The van der Waals surface area contributed by atoms with Crippen LogP contribution in [0.1, 0.15) is 18.1 Å². The normalized spacial score (nSPS) is 9.79. The van der Waals surface area contributed by atoms with Crippen molar-refractivity contribution >= 4 is 11.8 Å². The average Bonchev–Trinajstić information content (AvgIpc) is 2.37. The third-order valence-electron chi connectivity index (χ3n) is 2.87. The van der Waals surface area contributed by atoms with E-state index in [0.29, 0.717) is 13.1 Å². The Hall–Kier alpha value is -2.10. The van der Waals surface area contributed by atoms with Crippen molar-refractivity contribution in [2.24, 2.45) is 0 Å². The lowest BCUT2D eigenvalue weighted by Crippen LogP contribution is -2.39. The molecule has 0 saturated heterocycles. The van der Waals surface area contributed by atoms with Gasteiger partial charge < -0.3 is 10.2 Å². The van der Waals surface area contributed by atoms with Gasteiger partial charge in [-0.1, -0.05) is 30.3 Å². The van der Waals surface area contributed by atoms with Crippen LogP contribution in [-0.4, -0.2) is 29.8 Å². The maximum Gasteiger partial charge on any atom is 0.239 e. The van der Waals surface area contributed by atoms with Crippen LogP contribution < -0.4 is 5.32 Å². The highest BCUT2D eigenvalue weighted by molar-refractivity contribution is 5.83. The van der Waals surface area contributed by atoms with Gasteiger partial charge >= 0.3 is 0 Å². The smallest absolute Gasteiger partial charge is 0.239 e. The molecule has 0 atom stereocenters. The van der Waals surface area contributed by atoms with Crippen LogP contribution in [0.5, 0.6) is 0 Å². The van der Waals surface area contributed by atoms with Gasteiger partial charge in [-0.25, -0.2) is 0 Å². The number of hydrogen-bond donors (Lipinski definition) is 1. The molecule has 1 aromatic carbocycles. The summed E-state index contributed by atoms with van der Waals surface area (Å²) in [6.45, 7) is 7.94. The minimum atomic E-state index is -0.166. The Morgan fingerprint density at radius 2 is 2.05 bits per heavy atom. The quantitative estimate of drug-likeness (QED) is 0.791. The van der Waals surface area contributed by atoms with Crippen molar-refractivity contribution in [1.29, 1.82) is 0 Å². The third kappa shape index (κ3) is 4.95. The van der Waals surface area contributed by atoms with Crippen LogP contribution in [0.3, 0.4) is 0 Å². The lowest BCUT2D eigenvalue weighted by Gasteiger charge is -2.18. The zero-order valence-corrected chi connectivity index (χ0v) is 11.5. The molecule has 0 spiro atoms. The van der Waals surface area contributed by atoms with Crippen molar-refractivity contribution in [3.05, 3.63) is 48.0 Å². The molecule has 2 amide bonds. The molecular formula is C15H20N2O2. The first-order valence-electron chi connectivity index (χ1n) is 6.22. The van der Waals surface area contributed by atoms with Gasteiger partial charge in [0.05, 0.1) is 6.54 Å². The van der Waals surface area contributed by atoms with Crippen LogP contribution in [0.25, 0.3) is 0 Å². The summed E-state index contributed by atoms with van der Waals surface area (Å²) in [6.07, 6.45) is 1.61. The van der Waals surface area contributed by atoms with Gasteiger partial charge in [-0.3, -0.25) is 9.59 Å². The molecule has 4 heteroatoms. The second-order valence-corrected chi connectivity index (χ2v) is 4.39. The number of carbonyl (C=O) groups excluding carboxylic acids is 2. The molecule has 0 unspecified atom stereocenters. The standard InChI is InChI=1S/C15H20N2O2/c1-4-9-17(13(3)18)11-15(19)16-10-14-8-6-5-7-12(14)2/h4-8H,1,9-11H2,2-3H3,(H,16,19). The summed E-state index contributed by atoms with van der Waals surface area (Å²) < 4.78 is 0. The topological polar surface area (TPSA) is 49.4 Å². The van der Waals surface area contributed by atoms with E-state index in [1.807, 2.05) is 31.2 Å². The monoisotopic (exact) mass is 260 g/mol. The lowest BCUT2D eigenvalue weighted by atomic mass is 10.1. The fraction of sp³-hybridized carbons (Fsp3) is 0.333. The fourth-order valence-electron chi connectivity index (χ4n) is 1.69. The Kier molecular flexibility index (Phi) is 5.79. The molecule has 0 aliphatic rings. The number of hydrogen-bond acceptors (Lipinski definition) is 2. The summed E-state index contributed by atoms with van der Waals surface area (Å²) in [4.78, 5) is 24.5. The van der Waals surface area contributed by atoms with E-state index >= 15 is 0 Å². The molecule has 19 heavy (non-hydrogen) atoms. The number of nitrogens with zero attached hydrogens (tertiary/aromatic N) is 1.